The summed E-state index contributed by atoms with van der Waals surface area (Å²) in [6.07, 6.45) is 7.51. The first-order valence-corrected chi connectivity index (χ1v) is 15.7. The van der Waals surface area contributed by atoms with E-state index in [0.29, 0.717) is 11.4 Å². The van der Waals surface area contributed by atoms with Crippen LogP contribution >= 0.6 is 0 Å². The van der Waals surface area contributed by atoms with E-state index in [1.54, 1.807) is 12.3 Å². The average Bonchev–Trinajstić information content (AvgIpc) is 3.14. The fourth-order valence-electron chi connectivity index (χ4n) is 6.39. The summed E-state index contributed by atoms with van der Waals surface area (Å²) in [6, 6.07) is 50.6. The fourth-order valence-corrected chi connectivity index (χ4v) is 6.39. The second-order valence-electron chi connectivity index (χ2n) is 11.5. The Morgan fingerprint density at radius 1 is 0.511 bits per heavy atom. The summed E-state index contributed by atoms with van der Waals surface area (Å²) in [6.45, 7) is 0. The number of pyridine rings is 1. The molecule has 7 aromatic rings. The lowest BCUT2D eigenvalue weighted by Crippen LogP contribution is -2.13. The lowest BCUT2D eigenvalue weighted by atomic mass is 9.86. The molecule has 1 aromatic heterocycles. The Morgan fingerprint density at radius 3 is 1.72 bits per heavy atom. The molecule has 0 bridgehead atoms. The van der Waals surface area contributed by atoms with Crippen LogP contribution in [0, 0.1) is 5.41 Å². The third-order valence-electron chi connectivity index (χ3n) is 8.63. The number of aromatic nitrogens is 1. The largest absolute Gasteiger partial charge is 0.299 e. The predicted octanol–water partition coefficient (Wildman–Crippen LogP) is 10.8. The van der Waals surface area contributed by atoms with Gasteiger partial charge in [-0.2, -0.15) is 5.10 Å². The zero-order valence-electron chi connectivity index (χ0n) is 25.6. The van der Waals surface area contributed by atoms with Crippen molar-refractivity contribution >= 4 is 44.2 Å². The van der Waals surface area contributed by atoms with Gasteiger partial charge in [0.05, 0.1) is 17.1 Å². The Hall–Kier alpha value is -6.39. The number of hydrazone groups is 1. The normalized spacial score (nSPS) is 13.7. The van der Waals surface area contributed by atoms with Crippen molar-refractivity contribution in [3.63, 3.8) is 0 Å². The van der Waals surface area contributed by atoms with Gasteiger partial charge in [-0.25, -0.2) is 0 Å². The van der Waals surface area contributed by atoms with E-state index in [4.69, 9.17) is 5.41 Å². The van der Waals surface area contributed by atoms with E-state index in [2.05, 4.69) is 137 Å². The molecule has 0 aliphatic heterocycles. The van der Waals surface area contributed by atoms with E-state index in [9.17, 15) is 0 Å². The van der Waals surface area contributed by atoms with Crippen molar-refractivity contribution in [2.75, 3.05) is 5.43 Å². The molecule has 2 N–H and O–H groups in total. The first-order chi connectivity index (χ1) is 23.2. The van der Waals surface area contributed by atoms with Gasteiger partial charge in [0.25, 0.3) is 0 Å². The van der Waals surface area contributed by atoms with Crippen LogP contribution in [0.2, 0.25) is 0 Å². The first kappa shape index (κ1) is 28.1. The minimum Gasteiger partial charge on any atom is -0.299 e. The lowest BCUT2D eigenvalue weighted by Gasteiger charge is -2.18. The molecule has 0 radical (unpaired) electrons. The minimum atomic E-state index is 0.357. The molecule has 1 aliphatic carbocycles. The molecule has 0 spiro atoms. The Bertz CT molecular complexity index is 2310. The maximum Gasteiger partial charge on any atom is 0.109 e. The highest BCUT2D eigenvalue weighted by atomic mass is 15.3. The molecular weight excluding hydrogens is 573 g/mol. The van der Waals surface area contributed by atoms with Gasteiger partial charge in [-0.1, -0.05) is 121 Å². The molecule has 4 heteroatoms. The van der Waals surface area contributed by atoms with Gasteiger partial charge in [0.1, 0.15) is 5.71 Å². The highest BCUT2D eigenvalue weighted by molar-refractivity contribution is 6.51. The van der Waals surface area contributed by atoms with Crippen LogP contribution in [-0.4, -0.2) is 16.4 Å². The van der Waals surface area contributed by atoms with Crippen LogP contribution in [0.4, 0.5) is 5.69 Å². The molecule has 8 rings (SSSR count). The summed E-state index contributed by atoms with van der Waals surface area (Å²) in [5.74, 6) is 0. The third kappa shape index (κ3) is 5.43. The number of fused-ring (bicyclic) bond motifs is 2. The Kier molecular flexibility index (Phi) is 7.29. The number of nitrogens with zero attached hydrogens (tertiary/aromatic N) is 2. The predicted molar refractivity (Wildman–Crippen MR) is 198 cm³/mol. The summed E-state index contributed by atoms with van der Waals surface area (Å²) in [5, 5.41) is 18.1. The lowest BCUT2D eigenvalue weighted by molar-refractivity contribution is 1.32. The van der Waals surface area contributed by atoms with E-state index < -0.39 is 0 Å². The molecule has 0 saturated carbocycles. The van der Waals surface area contributed by atoms with Crippen LogP contribution in [-0.2, 0) is 0 Å². The van der Waals surface area contributed by atoms with Gasteiger partial charge in [-0.3, -0.25) is 15.8 Å². The van der Waals surface area contributed by atoms with Crippen LogP contribution in [0.3, 0.4) is 0 Å². The summed E-state index contributed by atoms with van der Waals surface area (Å²) < 4.78 is 0. The van der Waals surface area contributed by atoms with E-state index >= 15 is 0 Å². The number of benzene rings is 6. The van der Waals surface area contributed by atoms with Crippen molar-refractivity contribution in [2.24, 2.45) is 5.10 Å². The zero-order valence-corrected chi connectivity index (χ0v) is 25.6. The minimum absolute atomic E-state index is 0.357. The maximum absolute atomic E-state index is 8.51. The monoisotopic (exact) mass is 602 g/mol. The smallest absolute Gasteiger partial charge is 0.109 e. The number of allylic oxidation sites excluding steroid dienone is 4. The van der Waals surface area contributed by atoms with Gasteiger partial charge in [0.2, 0.25) is 0 Å². The SMILES string of the molecule is N=C1C=CC(c2cccc(-c3ccccn3)c2)=C/C1=N/Nc1ccc(-c2c3ccccc3c(-c3ccccc3)c3ccccc23)cc1. The van der Waals surface area contributed by atoms with Gasteiger partial charge in [0.15, 0.2) is 0 Å². The van der Waals surface area contributed by atoms with E-state index in [1.165, 1.54) is 38.2 Å². The van der Waals surface area contributed by atoms with Crippen molar-refractivity contribution < 1.29 is 0 Å². The van der Waals surface area contributed by atoms with Crippen LogP contribution < -0.4 is 5.43 Å². The summed E-state index contributed by atoms with van der Waals surface area (Å²) in [4.78, 5) is 4.49. The van der Waals surface area contributed by atoms with E-state index in [1.807, 2.05) is 36.4 Å². The molecule has 1 aliphatic rings. The molecule has 0 saturated heterocycles. The molecule has 1 heterocycles. The van der Waals surface area contributed by atoms with Crippen LogP contribution in [0.5, 0.6) is 0 Å². The van der Waals surface area contributed by atoms with Crippen molar-refractivity contribution in [1.29, 1.82) is 5.41 Å². The molecule has 0 unspecified atom stereocenters. The number of nitrogens with one attached hydrogen (secondary N) is 2. The highest BCUT2D eigenvalue weighted by Crippen LogP contribution is 2.43. The van der Waals surface area contributed by atoms with Crippen molar-refractivity contribution in [2.45, 2.75) is 0 Å². The van der Waals surface area contributed by atoms with Gasteiger partial charge in [0, 0.05) is 11.8 Å². The van der Waals surface area contributed by atoms with Crippen LogP contribution in [0.1, 0.15) is 5.56 Å². The van der Waals surface area contributed by atoms with E-state index in [0.717, 1.165) is 33.6 Å². The maximum atomic E-state index is 8.51. The van der Waals surface area contributed by atoms with Crippen molar-refractivity contribution in [3.05, 3.63) is 176 Å². The Balaban J connectivity index is 1.12. The fraction of sp³-hybridized carbons (Fsp3) is 0. The van der Waals surface area contributed by atoms with Crippen LogP contribution in [0.25, 0.3) is 60.6 Å². The van der Waals surface area contributed by atoms with Crippen molar-refractivity contribution in [1.82, 2.24) is 4.98 Å². The Morgan fingerprint density at radius 2 is 1.09 bits per heavy atom. The topological polar surface area (TPSA) is 61.1 Å². The third-order valence-corrected chi connectivity index (χ3v) is 8.63. The van der Waals surface area contributed by atoms with Gasteiger partial charge >= 0.3 is 0 Å². The van der Waals surface area contributed by atoms with Gasteiger partial charge in [-0.15, -0.1) is 0 Å². The molecule has 0 atom stereocenters. The number of hydrogen-bond acceptors (Lipinski definition) is 4. The van der Waals surface area contributed by atoms with Crippen molar-refractivity contribution in [3.8, 4) is 33.5 Å². The molecule has 222 valence electrons. The van der Waals surface area contributed by atoms with Crippen LogP contribution in [0.15, 0.2) is 175 Å². The molecule has 6 aromatic carbocycles. The Labute approximate surface area is 273 Å². The standard InChI is InChI=1S/C43H30N4/c44-39-25-22-32(31-13-10-14-33(27-31)40-19-8-9-26-45-40)28-41(39)47-46-34-23-20-30(21-24-34)43-37-17-6-4-15-35(37)42(29-11-2-1-3-12-29)36-16-5-7-18-38(36)43/h1-28,44,46H/b44-39?,47-41-. The summed E-state index contributed by atoms with van der Waals surface area (Å²) in [5.41, 5.74) is 13.8. The number of anilines is 1. The van der Waals surface area contributed by atoms with Gasteiger partial charge in [-0.05, 0) is 97.4 Å². The number of rotatable bonds is 6. The summed E-state index contributed by atoms with van der Waals surface area (Å²) >= 11 is 0. The number of hydrogen-bond donors (Lipinski definition) is 2. The second-order valence-corrected chi connectivity index (χ2v) is 11.5. The second kappa shape index (κ2) is 12.2. The first-order valence-electron chi connectivity index (χ1n) is 15.7. The highest BCUT2D eigenvalue weighted by Gasteiger charge is 2.16. The van der Waals surface area contributed by atoms with E-state index in [-0.39, 0.29) is 0 Å². The molecule has 4 nitrogen and oxygen atoms in total. The zero-order chi connectivity index (χ0) is 31.6. The quantitative estimate of drug-likeness (QED) is 0.113. The average molecular weight is 603 g/mol. The molecule has 47 heavy (non-hydrogen) atoms. The van der Waals surface area contributed by atoms with Gasteiger partial charge < -0.3 is 0 Å². The molecule has 0 amide bonds. The summed E-state index contributed by atoms with van der Waals surface area (Å²) in [7, 11) is 0. The molecular formula is C43H30N4. The molecule has 0 fully saturated rings.